The van der Waals surface area contributed by atoms with Gasteiger partial charge < -0.3 is 4.74 Å². The quantitative estimate of drug-likeness (QED) is 0.447. The van der Waals surface area contributed by atoms with Crippen LogP contribution < -0.4 is 4.74 Å². The fourth-order valence-electron chi connectivity index (χ4n) is 2.02. The van der Waals surface area contributed by atoms with Crippen LogP contribution in [0.4, 0.5) is 17.6 Å². The Kier molecular flexibility index (Phi) is 6.16. The second-order valence-electron chi connectivity index (χ2n) is 4.49. The van der Waals surface area contributed by atoms with Crippen LogP contribution in [0.3, 0.4) is 0 Å². The molecule has 0 amide bonds. The number of hydrogen-bond acceptors (Lipinski definition) is 1. The van der Waals surface area contributed by atoms with Crippen LogP contribution in [-0.2, 0) is 33.0 Å². The van der Waals surface area contributed by atoms with Gasteiger partial charge in [0.2, 0.25) is 0 Å². The van der Waals surface area contributed by atoms with Gasteiger partial charge in [-0.2, -0.15) is 13.2 Å². The molecular formula is C16H13F4ORe-. The molecule has 0 saturated carbocycles. The number of methoxy groups -OCH3 is 1. The van der Waals surface area contributed by atoms with Crippen molar-refractivity contribution in [1.82, 2.24) is 0 Å². The first-order valence-corrected chi connectivity index (χ1v) is 6.32. The fraction of sp³-hybridized carbons (Fsp3) is 0.250. The number of halogens is 4. The molecule has 119 valence electrons. The summed E-state index contributed by atoms with van der Waals surface area (Å²) in [6.07, 6.45) is -3.93. The third-order valence-electron chi connectivity index (χ3n) is 3.18. The maximum Gasteiger partial charge on any atom is 0.381 e. The van der Waals surface area contributed by atoms with E-state index in [-0.39, 0.29) is 26.2 Å². The zero-order chi connectivity index (χ0) is 15.6. The Labute approximate surface area is 140 Å². The molecule has 0 unspecified atom stereocenters. The average Bonchev–Trinajstić information content (AvgIpc) is 2.46. The van der Waals surface area contributed by atoms with Gasteiger partial charge in [-0.1, -0.05) is 18.6 Å². The van der Waals surface area contributed by atoms with Crippen molar-refractivity contribution >= 4 is 0 Å². The summed E-state index contributed by atoms with van der Waals surface area (Å²) in [6.45, 7) is 1.80. The van der Waals surface area contributed by atoms with Crippen LogP contribution in [0.1, 0.15) is 18.1 Å². The van der Waals surface area contributed by atoms with E-state index >= 15 is 0 Å². The summed E-state index contributed by atoms with van der Waals surface area (Å²) in [6, 6.07) is 8.55. The summed E-state index contributed by atoms with van der Waals surface area (Å²) in [4.78, 5) is 0. The predicted octanol–water partition coefficient (Wildman–Crippen LogP) is 4.88. The first kappa shape index (κ1) is 18.7. The maximum absolute atomic E-state index is 13.7. The smallest absolute Gasteiger partial charge is 0.381 e. The molecule has 0 aliphatic carbocycles. The molecule has 0 aromatic heterocycles. The standard InChI is InChI=1S/C16H13F4O.Re/c1-3-10-8-13(15(21-2)9-14(10)17)11-4-6-12(7-5-11)16(18,19)20;/h4,6-9H,3H2,1-2H3;/q-1;. The number of alkyl halides is 3. The topological polar surface area (TPSA) is 9.23 Å². The van der Waals surface area contributed by atoms with Gasteiger partial charge >= 0.3 is 6.18 Å². The van der Waals surface area contributed by atoms with Crippen LogP contribution in [0.15, 0.2) is 30.3 Å². The number of rotatable bonds is 3. The van der Waals surface area contributed by atoms with E-state index in [4.69, 9.17) is 4.74 Å². The molecule has 0 saturated heterocycles. The van der Waals surface area contributed by atoms with Crippen LogP contribution in [0.25, 0.3) is 11.1 Å². The SMILES string of the molecule is CCc1cc(-c2[c-]cc(C(F)(F)F)cc2)c(OC)cc1F.[Re]. The Morgan fingerprint density at radius 1 is 1.18 bits per heavy atom. The van der Waals surface area contributed by atoms with Gasteiger partial charge in [0.1, 0.15) is 5.82 Å². The van der Waals surface area contributed by atoms with Crippen molar-refractivity contribution < 1.29 is 42.7 Å². The molecule has 0 aliphatic heterocycles. The average molecular weight is 483 g/mol. The second kappa shape index (κ2) is 7.26. The van der Waals surface area contributed by atoms with Crippen LogP contribution in [0.2, 0.25) is 0 Å². The molecule has 0 N–H and O–H groups in total. The van der Waals surface area contributed by atoms with Crippen molar-refractivity contribution in [2.75, 3.05) is 7.11 Å². The molecule has 22 heavy (non-hydrogen) atoms. The Bertz CT molecular complexity index is 636. The van der Waals surface area contributed by atoms with E-state index in [9.17, 15) is 17.6 Å². The number of benzene rings is 2. The predicted molar refractivity (Wildman–Crippen MR) is 71.6 cm³/mol. The zero-order valence-electron chi connectivity index (χ0n) is 11.9. The first-order valence-electron chi connectivity index (χ1n) is 6.32. The van der Waals surface area contributed by atoms with E-state index in [1.807, 2.05) is 0 Å². The van der Waals surface area contributed by atoms with Gasteiger partial charge in [-0.05, 0) is 17.5 Å². The van der Waals surface area contributed by atoms with Crippen molar-refractivity contribution in [3.05, 3.63) is 53.3 Å². The molecule has 1 nitrogen and oxygen atoms in total. The van der Waals surface area contributed by atoms with Gasteiger partial charge in [-0.3, -0.25) is 0 Å². The third-order valence-corrected chi connectivity index (χ3v) is 3.18. The van der Waals surface area contributed by atoms with Crippen molar-refractivity contribution in [2.24, 2.45) is 0 Å². The molecule has 0 heterocycles. The third kappa shape index (κ3) is 3.88. The van der Waals surface area contributed by atoms with Gasteiger partial charge in [0.05, 0.1) is 12.9 Å². The normalized spacial score (nSPS) is 11.0. The number of hydrogen-bond donors (Lipinski definition) is 0. The Hall–Kier alpha value is -1.38. The molecular weight excluding hydrogens is 470 g/mol. The van der Waals surface area contributed by atoms with E-state index in [1.54, 1.807) is 13.0 Å². The molecule has 1 radical (unpaired) electrons. The fourth-order valence-corrected chi connectivity index (χ4v) is 2.02. The van der Waals surface area contributed by atoms with Crippen molar-refractivity contribution in [2.45, 2.75) is 19.5 Å². The zero-order valence-corrected chi connectivity index (χ0v) is 14.6. The molecule has 6 heteroatoms. The van der Waals surface area contributed by atoms with Crippen molar-refractivity contribution in [1.29, 1.82) is 0 Å². The molecule has 0 fully saturated rings. The largest absolute Gasteiger partial charge is 0.506 e. The first-order chi connectivity index (χ1) is 9.86. The van der Waals surface area contributed by atoms with Crippen molar-refractivity contribution in [3.63, 3.8) is 0 Å². The molecule has 0 atom stereocenters. The summed E-state index contributed by atoms with van der Waals surface area (Å²) in [7, 11) is 1.38. The molecule has 0 bridgehead atoms. The Morgan fingerprint density at radius 2 is 1.86 bits per heavy atom. The molecule has 0 spiro atoms. The molecule has 2 aromatic rings. The van der Waals surface area contributed by atoms with Gasteiger partial charge in [0, 0.05) is 26.5 Å². The van der Waals surface area contributed by atoms with E-state index in [0.717, 1.165) is 12.1 Å². The van der Waals surface area contributed by atoms with Gasteiger partial charge in [0.15, 0.2) is 0 Å². The van der Waals surface area contributed by atoms with Crippen LogP contribution in [0.5, 0.6) is 5.75 Å². The van der Waals surface area contributed by atoms with Gasteiger partial charge in [-0.15, -0.1) is 29.8 Å². The van der Waals surface area contributed by atoms with Gasteiger partial charge in [0.25, 0.3) is 0 Å². The number of ether oxygens (including phenoxy) is 1. The molecule has 2 aromatic carbocycles. The number of aryl methyl sites for hydroxylation is 1. The minimum absolute atomic E-state index is 0. The van der Waals surface area contributed by atoms with Crippen LogP contribution in [0, 0.1) is 11.9 Å². The van der Waals surface area contributed by atoms with E-state index < -0.39 is 17.6 Å². The van der Waals surface area contributed by atoms with Crippen molar-refractivity contribution in [3.8, 4) is 16.9 Å². The monoisotopic (exact) mass is 484 g/mol. The van der Waals surface area contributed by atoms with Crippen LogP contribution in [-0.4, -0.2) is 7.11 Å². The van der Waals surface area contributed by atoms with E-state index in [2.05, 4.69) is 6.07 Å². The minimum atomic E-state index is -4.41. The van der Waals surface area contributed by atoms with Crippen LogP contribution >= 0.6 is 0 Å². The molecule has 2 rings (SSSR count). The second-order valence-corrected chi connectivity index (χ2v) is 4.49. The maximum atomic E-state index is 13.7. The van der Waals surface area contributed by atoms with E-state index in [0.29, 0.717) is 23.1 Å². The Balaban J connectivity index is 0.00000242. The molecule has 0 aliphatic rings. The van der Waals surface area contributed by atoms with Gasteiger partial charge in [-0.25, -0.2) is 4.39 Å². The van der Waals surface area contributed by atoms with E-state index in [1.165, 1.54) is 19.2 Å². The Morgan fingerprint density at radius 3 is 2.32 bits per heavy atom. The summed E-state index contributed by atoms with van der Waals surface area (Å²) >= 11 is 0. The summed E-state index contributed by atoms with van der Waals surface area (Å²) in [5.74, 6) is -0.134. The summed E-state index contributed by atoms with van der Waals surface area (Å²) < 4.78 is 56.4. The summed E-state index contributed by atoms with van der Waals surface area (Å²) in [5, 5.41) is 0. The minimum Gasteiger partial charge on any atom is -0.506 e. The summed E-state index contributed by atoms with van der Waals surface area (Å²) in [5.41, 5.74) is 0.640.